The number of ether oxygens (including phenoxy) is 1. The van der Waals surface area contributed by atoms with Gasteiger partial charge in [-0.2, -0.15) is 13.2 Å². The predicted molar refractivity (Wildman–Crippen MR) is 75.2 cm³/mol. The summed E-state index contributed by atoms with van der Waals surface area (Å²) in [6.07, 6.45) is -3.84. The van der Waals surface area contributed by atoms with E-state index < -0.39 is 11.7 Å². The molecule has 0 saturated heterocycles. The lowest BCUT2D eigenvalue weighted by Gasteiger charge is -2.11. The average Bonchev–Trinajstić information content (AvgIpc) is 2.39. The Kier molecular flexibility index (Phi) is 4.64. The Labute approximate surface area is 129 Å². The third-order valence-electron chi connectivity index (χ3n) is 2.72. The Balaban J connectivity index is 2.33. The summed E-state index contributed by atoms with van der Waals surface area (Å²) in [7, 11) is 0. The van der Waals surface area contributed by atoms with Crippen LogP contribution < -0.4 is 4.74 Å². The summed E-state index contributed by atoms with van der Waals surface area (Å²) in [5.41, 5.74) is -0.0885. The van der Waals surface area contributed by atoms with Crippen LogP contribution in [0.1, 0.15) is 18.1 Å². The van der Waals surface area contributed by atoms with Gasteiger partial charge in [0.2, 0.25) is 5.88 Å². The molecule has 1 heterocycles. The van der Waals surface area contributed by atoms with Gasteiger partial charge in [0.25, 0.3) is 0 Å². The molecule has 21 heavy (non-hydrogen) atoms. The van der Waals surface area contributed by atoms with Gasteiger partial charge in [-0.3, -0.25) is 0 Å². The molecule has 112 valence electrons. The lowest BCUT2D eigenvalue weighted by molar-refractivity contribution is -0.137. The van der Waals surface area contributed by atoms with Crippen LogP contribution in [0, 0.1) is 0 Å². The Morgan fingerprint density at radius 3 is 2.48 bits per heavy atom. The molecule has 0 aliphatic rings. The maximum absolute atomic E-state index is 12.7. The monoisotopic (exact) mass is 335 g/mol. The van der Waals surface area contributed by atoms with Crippen molar-refractivity contribution in [2.45, 2.75) is 19.5 Å². The fourth-order valence-electron chi connectivity index (χ4n) is 1.70. The largest absolute Gasteiger partial charge is 0.439 e. The number of nitrogens with zero attached hydrogens (tertiary/aromatic N) is 1. The minimum atomic E-state index is -4.51. The van der Waals surface area contributed by atoms with Crippen molar-refractivity contribution in [3.8, 4) is 11.6 Å². The first-order valence-corrected chi connectivity index (χ1v) is 6.76. The quantitative estimate of drug-likeness (QED) is 0.665. The maximum atomic E-state index is 12.7. The van der Waals surface area contributed by atoms with Crippen LogP contribution in [0.3, 0.4) is 0 Å². The first-order chi connectivity index (χ1) is 9.79. The van der Waals surface area contributed by atoms with Gasteiger partial charge in [0.1, 0.15) is 10.9 Å². The van der Waals surface area contributed by atoms with E-state index in [2.05, 4.69) is 4.98 Å². The van der Waals surface area contributed by atoms with Crippen LogP contribution in [0.4, 0.5) is 13.2 Å². The second-order valence-electron chi connectivity index (χ2n) is 4.22. The zero-order chi connectivity index (χ0) is 15.6. The molecule has 0 radical (unpaired) electrons. The summed E-state index contributed by atoms with van der Waals surface area (Å²) in [5.74, 6) is 0.123. The molecule has 2 nitrogen and oxygen atoms in total. The van der Waals surface area contributed by atoms with E-state index in [-0.39, 0.29) is 11.0 Å². The summed E-state index contributed by atoms with van der Waals surface area (Å²) in [6.45, 7) is 1.91. The molecular weight excluding hydrogens is 326 g/mol. The van der Waals surface area contributed by atoms with E-state index >= 15 is 0 Å². The van der Waals surface area contributed by atoms with Crippen LogP contribution in [-0.4, -0.2) is 4.98 Å². The van der Waals surface area contributed by atoms with Crippen LogP contribution >= 0.6 is 23.2 Å². The van der Waals surface area contributed by atoms with Gasteiger partial charge in [-0.15, -0.1) is 0 Å². The van der Waals surface area contributed by atoms with Gasteiger partial charge in [-0.1, -0.05) is 30.1 Å². The fraction of sp³-hybridized carbons (Fsp3) is 0.214. The van der Waals surface area contributed by atoms with E-state index in [1.54, 1.807) is 18.2 Å². The molecule has 7 heteroatoms. The van der Waals surface area contributed by atoms with E-state index in [9.17, 15) is 13.2 Å². The number of benzene rings is 1. The van der Waals surface area contributed by atoms with Crippen molar-refractivity contribution in [1.29, 1.82) is 0 Å². The van der Waals surface area contributed by atoms with E-state index in [0.29, 0.717) is 17.2 Å². The molecule has 1 aromatic carbocycles. The molecule has 0 unspecified atom stereocenters. The summed E-state index contributed by atoms with van der Waals surface area (Å²) in [6, 6.07) is 6.36. The predicted octanol–water partition coefficient (Wildman–Crippen LogP) is 5.76. The van der Waals surface area contributed by atoms with Gasteiger partial charge in [0.15, 0.2) is 0 Å². The molecule has 0 fully saturated rings. The topological polar surface area (TPSA) is 22.1 Å². The SMILES string of the molecule is CCc1cc(Oc2cc(C(F)(F)F)cc(Cl)n2)ccc1Cl. The van der Waals surface area contributed by atoms with Gasteiger partial charge >= 0.3 is 6.18 Å². The molecule has 2 aromatic rings. The van der Waals surface area contributed by atoms with Crippen molar-refractivity contribution in [3.63, 3.8) is 0 Å². The molecule has 0 spiro atoms. The number of aryl methyl sites for hydroxylation is 1. The highest BCUT2D eigenvalue weighted by Crippen LogP contribution is 2.34. The molecule has 0 aliphatic heterocycles. The van der Waals surface area contributed by atoms with Crippen molar-refractivity contribution in [1.82, 2.24) is 4.98 Å². The zero-order valence-corrected chi connectivity index (χ0v) is 12.4. The van der Waals surface area contributed by atoms with Gasteiger partial charge in [0.05, 0.1) is 5.56 Å². The van der Waals surface area contributed by atoms with Gasteiger partial charge < -0.3 is 4.74 Å². The van der Waals surface area contributed by atoms with E-state index in [1.807, 2.05) is 6.92 Å². The number of pyridine rings is 1. The molecule has 2 rings (SSSR count). The van der Waals surface area contributed by atoms with Crippen molar-refractivity contribution in [2.75, 3.05) is 0 Å². The molecule has 0 N–H and O–H groups in total. The van der Waals surface area contributed by atoms with Crippen molar-refractivity contribution in [3.05, 3.63) is 51.6 Å². The number of aromatic nitrogens is 1. The van der Waals surface area contributed by atoms with E-state index in [1.165, 1.54) is 0 Å². The minimum Gasteiger partial charge on any atom is -0.439 e. The molecule has 0 bridgehead atoms. The molecule has 1 aromatic heterocycles. The van der Waals surface area contributed by atoms with Gasteiger partial charge in [-0.25, -0.2) is 4.98 Å². The zero-order valence-electron chi connectivity index (χ0n) is 10.8. The number of hydrogen-bond acceptors (Lipinski definition) is 2. The standard InChI is InChI=1S/C14H10Cl2F3NO/c1-2-8-5-10(3-4-11(8)15)21-13-7-9(14(17,18)19)6-12(16)20-13/h3-7H,2H2,1H3. The highest BCUT2D eigenvalue weighted by atomic mass is 35.5. The van der Waals surface area contributed by atoms with Crippen molar-refractivity contribution in [2.24, 2.45) is 0 Å². The lowest BCUT2D eigenvalue weighted by Crippen LogP contribution is -2.05. The van der Waals surface area contributed by atoms with Crippen LogP contribution in [0.2, 0.25) is 10.2 Å². The molecule has 0 atom stereocenters. The molecular formula is C14H10Cl2F3NO. The number of hydrogen-bond donors (Lipinski definition) is 0. The Hall–Kier alpha value is -1.46. The second-order valence-corrected chi connectivity index (χ2v) is 5.02. The Morgan fingerprint density at radius 1 is 1.14 bits per heavy atom. The van der Waals surface area contributed by atoms with E-state index in [4.69, 9.17) is 27.9 Å². The molecule has 0 aliphatic carbocycles. The maximum Gasteiger partial charge on any atom is 0.416 e. The van der Waals surface area contributed by atoms with Crippen LogP contribution in [-0.2, 0) is 12.6 Å². The summed E-state index contributed by atoms with van der Waals surface area (Å²) >= 11 is 11.6. The summed E-state index contributed by atoms with van der Waals surface area (Å²) in [4.78, 5) is 3.73. The lowest BCUT2D eigenvalue weighted by atomic mass is 10.1. The average molecular weight is 336 g/mol. The van der Waals surface area contributed by atoms with Crippen molar-refractivity contribution < 1.29 is 17.9 Å². The first-order valence-electron chi connectivity index (χ1n) is 6.00. The van der Waals surface area contributed by atoms with E-state index in [0.717, 1.165) is 17.7 Å². The highest BCUT2D eigenvalue weighted by molar-refractivity contribution is 6.31. The molecule has 0 amide bonds. The third-order valence-corrected chi connectivity index (χ3v) is 3.28. The summed E-state index contributed by atoms with van der Waals surface area (Å²) in [5, 5.41) is 0.282. The van der Waals surface area contributed by atoms with Crippen LogP contribution in [0.25, 0.3) is 0 Å². The number of rotatable bonds is 3. The Bertz CT molecular complexity index is 659. The fourth-order valence-corrected chi connectivity index (χ4v) is 2.15. The first kappa shape index (κ1) is 15.9. The third kappa shape index (κ3) is 4.02. The Morgan fingerprint density at radius 2 is 1.86 bits per heavy atom. The number of halogens is 5. The van der Waals surface area contributed by atoms with Crippen LogP contribution in [0.15, 0.2) is 30.3 Å². The summed E-state index contributed by atoms with van der Waals surface area (Å²) < 4.78 is 43.4. The van der Waals surface area contributed by atoms with Crippen LogP contribution in [0.5, 0.6) is 11.6 Å². The normalized spacial score (nSPS) is 11.5. The highest BCUT2D eigenvalue weighted by Gasteiger charge is 2.31. The smallest absolute Gasteiger partial charge is 0.416 e. The minimum absolute atomic E-state index is 0.223. The molecule has 0 saturated carbocycles. The van der Waals surface area contributed by atoms with Crippen molar-refractivity contribution >= 4 is 23.2 Å². The number of alkyl halides is 3. The second kappa shape index (κ2) is 6.12. The van der Waals surface area contributed by atoms with Gasteiger partial charge in [-0.05, 0) is 36.2 Å². The van der Waals surface area contributed by atoms with Gasteiger partial charge in [0, 0.05) is 11.1 Å².